The molecule has 148 valence electrons. The number of aromatic amines is 1. The van der Waals surface area contributed by atoms with Crippen molar-refractivity contribution in [2.24, 2.45) is 5.92 Å². The Morgan fingerprint density at radius 2 is 1.72 bits per heavy atom. The smallest absolute Gasteiger partial charge is 0.231 e. The van der Waals surface area contributed by atoms with Gasteiger partial charge in [-0.25, -0.2) is 4.98 Å². The highest BCUT2D eigenvalue weighted by molar-refractivity contribution is 7.99. The van der Waals surface area contributed by atoms with Gasteiger partial charge >= 0.3 is 0 Å². The first kappa shape index (κ1) is 20.7. The number of nitriles is 1. The van der Waals surface area contributed by atoms with Crippen LogP contribution in [0.5, 0.6) is 0 Å². The van der Waals surface area contributed by atoms with E-state index in [1.807, 2.05) is 74.5 Å². The number of carbonyl (C=O) groups is 1. The first-order valence-electron chi connectivity index (χ1n) is 9.49. The van der Waals surface area contributed by atoms with Crippen LogP contribution in [0.3, 0.4) is 0 Å². The third kappa shape index (κ3) is 4.87. The van der Waals surface area contributed by atoms with E-state index in [0.717, 1.165) is 22.5 Å². The molecule has 1 aromatic heterocycles. The van der Waals surface area contributed by atoms with Crippen LogP contribution in [0.4, 0.5) is 0 Å². The lowest BCUT2D eigenvalue weighted by molar-refractivity contribution is -0.120. The Bertz CT molecular complexity index is 951. The van der Waals surface area contributed by atoms with Gasteiger partial charge in [-0.3, -0.25) is 4.79 Å². The average Bonchev–Trinajstić information content (AvgIpc) is 3.18. The van der Waals surface area contributed by atoms with Crippen LogP contribution in [0, 0.1) is 17.2 Å². The van der Waals surface area contributed by atoms with Crippen molar-refractivity contribution in [3.63, 3.8) is 0 Å². The maximum absolute atomic E-state index is 12.4. The van der Waals surface area contributed by atoms with E-state index in [1.165, 1.54) is 11.8 Å². The van der Waals surface area contributed by atoms with Gasteiger partial charge in [0.05, 0.1) is 23.2 Å². The fourth-order valence-corrected chi connectivity index (χ4v) is 3.47. The molecule has 1 amide bonds. The Hall–Kier alpha value is -3.04. The zero-order valence-electron chi connectivity index (χ0n) is 16.8. The van der Waals surface area contributed by atoms with Gasteiger partial charge in [-0.2, -0.15) is 5.26 Å². The summed E-state index contributed by atoms with van der Waals surface area (Å²) in [5.74, 6) is 0.00561. The van der Waals surface area contributed by atoms with E-state index in [9.17, 15) is 10.1 Å². The molecule has 0 spiro atoms. The van der Waals surface area contributed by atoms with Gasteiger partial charge in [-0.05, 0) is 12.8 Å². The number of nitrogens with zero attached hydrogens (tertiary/aromatic N) is 2. The van der Waals surface area contributed by atoms with E-state index >= 15 is 0 Å². The molecule has 3 aromatic rings. The van der Waals surface area contributed by atoms with Crippen molar-refractivity contribution in [3.8, 4) is 28.6 Å². The van der Waals surface area contributed by atoms with Gasteiger partial charge in [0.15, 0.2) is 5.16 Å². The summed E-state index contributed by atoms with van der Waals surface area (Å²) in [7, 11) is 0. The lowest BCUT2D eigenvalue weighted by Gasteiger charge is -2.27. The molecule has 0 aliphatic heterocycles. The molecule has 6 heteroatoms. The molecule has 0 radical (unpaired) electrons. The summed E-state index contributed by atoms with van der Waals surface area (Å²) in [5, 5.41) is 12.9. The zero-order valence-corrected chi connectivity index (χ0v) is 17.6. The SMILES string of the molecule is CC(C)C(C)(C#N)NC(=O)CSc1nc(-c2ccccc2)c(-c2ccccc2)[nH]1. The predicted octanol–water partition coefficient (Wildman–Crippen LogP) is 4.89. The minimum absolute atomic E-state index is 0.0134. The topological polar surface area (TPSA) is 81.6 Å². The van der Waals surface area contributed by atoms with Crippen LogP contribution in [-0.4, -0.2) is 27.2 Å². The molecule has 1 unspecified atom stereocenters. The van der Waals surface area contributed by atoms with Crippen LogP contribution in [0.25, 0.3) is 22.5 Å². The molecule has 3 rings (SSSR count). The Balaban J connectivity index is 1.82. The summed E-state index contributed by atoms with van der Waals surface area (Å²) in [6.45, 7) is 5.58. The highest BCUT2D eigenvalue weighted by Crippen LogP contribution is 2.32. The van der Waals surface area contributed by atoms with Crippen LogP contribution >= 0.6 is 11.8 Å². The second-order valence-corrected chi connectivity index (χ2v) is 8.27. The molecule has 1 atom stereocenters. The van der Waals surface area contributed by atoms with Gasteiger partial charge in [0, 0.05) is 11.1 Å². The van der Waals surface area contributed by atoms with Gasteiger partial charge in [0.25, 0.3) is 0 Å². The maximum Gasteiger partial charge on any atom is 0.231 e. The number of benzene rings is 2. The Kier molecular flexibility index (Phi) is 6.40. The fraction of sp³-hybridized carbons (Fsp3) is 0.261. The molecule has 1 heterocycles. The normalized spacial score (nSPS) is 12.9. The molecule has 29 heavy (non-hydrogen) atoms. The molecule has 2 aromatic carbocycles. The van der Waals surface area contributed by atoms with Crippen molar-refractivity contribution >= 4 is 17.7 Å². The van der Waals surface area contributed by atoms with Gasteiger partial charge in [-0.1, -0.05) is 86.3 Å². The first-order chi connectivity index (χ1) is 13.9. The maximum atomic E-state index is 12.4. The number of thioether (sulfide) groups is 1. The van der Waals surface area contributed by atoms with E-state index < -0.39 is 5.54 Å². The van der Waals surface area contributed by atoms with E-state index in [4.69, 9.17) is 4.98 Å². The van der Waals surface area contributed by atoms with Crippen molar-refractivity contribution in [1.82, 2.24) is 15.3 Å². The number of H-pyrrole nitrogens is 1. The minimum Gasteiger partial charge on any atom is -0.337 e. The van der Waals surface area contributed by atoms with Gasteiger partial charge in [0.1, 0.15) is 5.54 Å². The lowest BCUT2D eigenvalue weighted by Crippen LogP contribution is -2.49. The number of amides is 1. The Morgan fingerprint density at radius 3 is 2.28 bits per heavy atom. The molecule has 0 aliphatic rings. The highest BCUT2D eigenvalue weighted by Gasteiger charge is 2.30. The van der Waals surface area contributed by atoms with Gasteiger partial charge in [-0.15, -0.1) is 0 Å². The van der Waals surface area contributed by atoms with Crippen molar-refractivity contribution in [3.05, 3.63) is 60.7 Å². The average molecular weight is 405 g/mol. The van der Waals surface area contributed by atoms with Gasteiger partial charge < -0.3 is 10.3 Å². The monoisotopic (exact) mass is 404 g/mol. The summed E-state index contributed by atoms with van der Waals surface area (Å²) in [6, 6.07) is 22.2. The van der Waals surface area contributed by atoms with Crippen LogP contribution in [0.1, 0.15) is 20.8 Å². The Morgan fingerprint density at radius 1 is 1.14 bits per heavy atom. The number of nitrogens with one attached hydrogen (secondary N) is 2. The number of carbonyl (C=O) groups excluding carboxylic acids is 1. The highest BCUT2D eigenvalue weighted by atomic mass is 32.2. The van der Waals surface area contributed by atoms with Crippen LogP contribution in [0.2, 0.25) is 0 Å². The van der Waals surface area contributed by atoms with Crippen molar-refractivity contribution < 1.29 is 4.79 Å². The number of rotatable bonds is 7. The molecule has 0 fully saturated rings. The molecular formula is C23H24N4OS. The lowest BCUT2D eigenvalue weighted by atomic mass is 9.90. The van der Waals surface area contributed by atoms with Crippen LogP contribution in [0.15, 0.2) is 65.8 Å². The van der Waals surface area contributed by atoms with Crippen LogP contribution < -0.4 is 5.32 Å². The van der Waals surface area contributed by atoms with E-state index in [-0.39, 0.29) is 17.6 Å². The molecule has 0 saturated heterocycles. The predicted molar refractivity (Wildman–Crippen MR) is 117 cm³/mol. The molecule has 0 bridgehead atoms. The first-order valence-corrected chi connectivity index (χ1v) is 10.5. The fourth-order valence-electron chi connectivity index (χ4n) is 2.80. The second-order valence-electron chi connectivity index (χ2n) is 7.30. The van der Waals surface area contributed by atoms with Gasteiger partial charge in [0.2, 0.25) is 5.91 Å². The zero-order chi connectivity index (χ0) is 20.9. The van der Waals surface area contributed by atoms with Crippen molar-refractivity contribution in [2.45, 2.75) is 31.5 Å². The second kappa shape index (κ2) is 8.97. The minimum atomic E-state index is -0.884. The summed E-state index contributed by atoms with van der Waals surface area (Å²) >= 11 is 1.33. The number of aromatic nitrogens is 2. The molecular weight excluding hydrogens is 380 g/mol. The third-order valence-electron chi connectivity index (χ3n) is 4.92. The largest absolute Gasteiger partial charge is 0.337 e. The van der Waals surface area contributed by atoms with Crippen molar-refractivity contribution in [2.75, 3.05) is 5.75 Å². The molecule has 2 N–H and O–H groups in total. The quantitative estimate of drug-likeness (QED) is 0.549. The summed E-state index contributed by atoms with van der Waals surface area (Å²) in [6.07, 6.45) is 0. The van der Waals surface area contributed by atoms with E-state index in [0.29, 0.717) is 5.16 Å². The summed E-state index contributed by atoms with van der Waals surface area (Å²) in [4.78, 5) is 20.5. The van der Waals surface area contributed by atoms with Crippen molar-refractivity contribution in [1.29, 1.82) is 5.26 Å². The summed E-state index contributed by atoms with van der Waals surface area (Å²) in [5.41, 5.74) is 2.93. The van der Waals surface area contributed by atoms with Crippen LogP contribution in [-0.2, 0) is 4.79 Å². The molecule has 0 saturated carbocycles. The van der Waals surface area contributed by atoms with E-state index in [1.54, 1.807) is 6.92 Å². The number of imidazole rings is 1. The Labute approximate surface area is 175 Å². The number of hydrogen-bond donors (Lipinski definition) is 2. The van der Waals surface area contributed by atoms with E-state index in [2.05, 4.69) is 16.4 Å². The molecule has 5 nitrogen and oxygen atoms in total. The summed E-state index contributed by atoms with van der Waals surface area (Å²) < 4.78 is 0. The standard InChI is InChI=1S/C23H24N4OS/c1-16(2)23(3,15-24)27-19(28)14-29-22-25-20(17-10-6-4-7-11-17)21(26-22)18-12-8-5-9-13-18/h4-13,16H,14H2,1-3H3,(H,25,26)(H,27,28). The number of hydrogen-bond acceptors (Lipinski definition) is 4. The molecule has 0 aliphatic carbocycles. The third-order valence-corrected chi connectivity index (χ3v) is 5.79.